The largest absolute Gasteiger partial charge is 0.393 e. The summed E-state index contributed by atoms with van der Waals surface area (Å²) in [5.41, 5.74) is 0. The third kappa shape index (κ3) is 2.12. The summed E-state index contributed by atoms with van der Waals surface area (Å²) < 4.78 is 5.24. The van der Waals surface area contributed by atoms with E-state index in [0.29, 0.717) is 17.7 Å². The Hall–Kier alpha value is -0.900. The fraction of sp³-hybridized carbons (Fsp3) is 0.833. The Kier molecular flexibility index (Phi) is 2.67. The monoisotopic (exact) mass is 222 g/mol. The van der Waals surface area contributed by atoms with Crippen LogP contribution in [0, 0.1) is 5.92 Å². The predicted molar refractivity (Wildman–Crippen MR) is 57.9 cm³/mol. The zero-order valence-electron chi connectivity index (χ0n) is 9.43. The molecule has 2 saturated carbocycles. The van der Waals surface area contributed by atoms with Crippen molar-refractivity contribution in [3.63, 3.8) is 0 Å². The third-order valence-corrected chi connectivity index (χ3v) is 3.73. The van der Waals surface area contributed by atoms with Crippen LogP contribution in [0.4, 0.5) is 0 Å². The summed E-state index contributed by atoms with van der Waals surface area (Å²) in [6.45, 7) is 0. The molecule has 0 radical (unpaired) electrons. The maximum absolute atomic E-state index is 9.87. The van der Waals surface area contributed by atoms with Crippen molar-refractivity contribution in [2.24, 2.45) is 5.92 Å². The zero-order valence-corrected chi connectivity index (χ0v) is 9.43. The topological polar surface area (TPSA) is 59.2 Å². The number of hydrogen-bond acceptors (Lipinski definition) is 4. The number of aromatic nitrogens is 2. The van der Waals surface area contributed by atoms with E-state index in [-0.39, 0.29) is 6.10 Å². The molecule has 0 saturated heterocycles. The van der Waals surface area contributed by atoms with Crippen LogP contribution in [0.1, 0.15) is 56.2 Å². The van der Waals surface area contributed by atoms with Gasteiger partial charge in [0.2, 0.25) is 5.89 Å². The van der Waals surface area contributed by atoms with Crippen LogP contribution in [0.15, 0.2) is 4.52 Å². The van der Waals surface area contributed by atoms with Gasteiger partial charge in [0.15, 0.2) is 5.82 Å². The van der Waals surface area contributed by atoms with Crippen LogP contribution in [0.3, 0.4) is 0 Å². The highest BCUT2D eigenvalue weighted by molar-refractivity contribution is 5.03. The molecule has 0 spiro atoms. The Morgan fingerprint density at radius 2 is 2.00 bits per heavy atom. The molecular formula is C12H18N2O2. The first kappa shape index (κ1) is 10.3. The molecular weight excluding hydrogens is 204 g/mol. The van der Waals surface area contributed by atoms with Crippen molar-refractivity contribution in [3.8, 4) is 0 Å². The standard InChI is InChI=1S/C12H18N2O2/c15-10-4-2-1-3-9(10)7-11-13-12(14-16-11)8-5-6-8/h8-10,15H,1-7H2. The Balaban J connectivity index is 1.63. The number of hydrogen-bond donors (Lipinski definition) is 1. The van der Waals surface area contributed by atoms with Gasteiger partial charge >= 0.3 is 0 Å². The number of rotatable bonds is 3. The van der Waals surface area contributed by atoms with Gasteiger partial charge in [-0.25, -0.2) is 0 Å². The minimum Gasteiger partial charge on any atom is -0.393 e. The van der Waals surface area contributed by atoms with Gasteiger partial charge in [0.25, 0.3) is 0 Å². The molecule has 1 aromatic rings. The molecule has 0 aliphatic heterocycles. The number of aliphatic hydroxyl groups excluding tert-OH is 1. The van der Waals surface area contributed by atoms with Crippen molar-refractivity contribution in [2.45, 2.75) is 57.0 Å². The predicted octanol–water partition coefficient (Wildman–Crippen LogP) is 2.04. The number of nitrogens with zero attached hydrogens (tertiary/aromatic N) is 2. The van der Waals surface area contributed by atoms with Crippen LogP contribution in [0.2, 0.25) is 0 Å². The van der Waals surface area contributed by atoms with Crippen molar-refractivity contribution < 1.29 is 9.63 Å². The molecule has 4 nitrogen and oxygen atoms in total. The summed E-state index contributed by atoms with van der Waals surface area (Å²) in [7, 11) is 0. The highest BCUT2D eigenvalue weighted by atomic mass is 16.5. The van der Waals surface area contributed by atoms with Gasteiger partial charge in [-0.1, -0.05) is 18.0 Å². The van der Waals surface area contributed by atoms with Crippen LogP contribution in [0.25, 0.3) is 0 Å². The van der Waals surface area contributed by atoms with Crippen LogP contribution in [-0.2, 0) is 6.42 Å². The molecule has 1 N–H and O–H groups in total. The van der Waals surface area contributed by atoms with Crippen molar-refractivity contribution in [1.29, 1.82) is 0 Å². The van der Waals surface area contributed by atoms with Crippen LogP contribution >= 0.6 is 0 Å². The first-order chi connectivity index (χ1) is 7.83. The molecule has 2 fully saturated rings. The summed E-state index contributed by atoms with van der Waals surface area (Å²) >= 11 is 0. The zero-order chi connectivity index (χ0) is 11.0. The van der Waals surface area contributed by atoms with Crippen molar-refractivity contribution >= 4 is 0 Å². The van der Waals surface area contributed by atoms with E-state index < -0.39 is 0 Å². The van der Waals surface area contributed by atoms with Crippen molar-refractivity contribution in [2.75, 3.05) is 0 Å². The first-order valence-electron chi connectivity index (χ1n) is 6.33. The summed E-state index contributed by atoms with van der Waals surface area (Å²) in [5.74, 6) is 2.46. The molecule has 3 rings (SSSR count). The Labute approximate surface area is 95.0 Å². The lowest BCUT2D eigenvalue weighted by Gasteiger charge is -2.26. The van der Waals surface area contributed by atoms with Gasteiger partial charge in [-0.3, -0.25) is 0 Å². The molecule has 1 heterocycles. The molecule has 2 unspecified atom stereocenters. The Morgan fingerprint density at radius 1 is 1.19 bits per heavy atom. The van der Waals surface area contributed by atoms with Crippen LogP contribution in [-0.4, -0.2) is 21.4 Å². The summed E-state index contributed by atoms with van der Waals surface area (Å²) in [6, 6.07) is 0. The molecule has 4 heteroatoms. The average molecular weight is 222 g/mol. The maximum Gasteiger partial charge on any atom is 0.227 e. The highest BCUT2D eigenvalue weighted by Gasteiger charge is 2.30. The third-order valence-electron chi connectivity index (χ3n) is 3.73. The second-order valence-corrected chi connectivity index (χ2v) is 5.14. The fourth-order valence-electron chi connectivity index (χ4n) is 2.51. The lowest BCUT2D eigenvalue weighted by atomic mass is 9.84. The Bertz CT molecular complexity index is 360. The molecule has 0 bridgehead atoms. The quantitative estimate of drug-likeness (QED) is 0.850. The van der Waals surface area contributed by atoms with E-state index in [1.54, 1.807) is 0 Å². The molecule has 0 amide bonds. The van der Waals surface area contributed by atoms with Crippen molar-refractivity contribution in [3.05, 3.63) is 11.7 Å². The van der Waals surface area contributed by atoms with E-state index >= 15 is 0 Å². The first-order valence-corrected chi connectivity index (χ1v) is 6.33. The smallest absolute Gasteiger partial charge is 0.227 e. The van der Waals surface area contributed by atoms with Gasteiger partial charge in [0.1, 0.15) is 0 Å². The second-order valence-electron chi connectivity index (χ2n) is 5.14. The van der Waals surface area contributed by atoms with Gasteiger partial charge in [0.05, 0.1) is 6.10 Å². The van der Waals surface area contributed by atoms with Crippen LogP contribution < -0.4 is 0 Å². The van der Waals surface area contributed by atoms with E-state index in [9.17, 15) is 5.11 Å². The van der Waals surface area contributed by atoms with E-state index in [0.717, 1.165) is 31.5 Å². The highest BCUT2D eigenvalue weighted by Crippen LogP contribution is 2.38. The normalized spacial score (nSPS) is 30.6. The second kappa shape index (κ2) is 4.17. The minimum absolute atomic E-state index is 0.176. The van der Waals surface area contributed by atoms with E-state index in [1.807, 2.05) is 0 Å². The van der Waals surface area contributed by atoms with Gasteiger partial charge in [-0.2, -0.15) is 4.98 Å². The van der Waals surface area contributed by atoms with E-state index in [1.165, 1.54) is 19.3 Å². The lowest BCUT2D eigenvalue weighted by molar-refractivity contribution is 0.0657. The summed E-state index contributed by atoms with van der Waals surface area (Å²) in [6.07, 6.45) is 7.35. The molecule has 0 aromatic carbocycles. The van der Waals surface area contributed by atoms with Gasteiger partial charge in [0, 0.05) is 12.3 Å². The molecule has 88 valence electrons. The average Bonchev–Trinajstić information content (AvgIpc) is 3.03. The van der Waals surface area contributed by atoms with Crippen molar-refractivity contribution in [1.82, 2.24) is 10.1 Å². The van der Waals surface area contributed by atoms with Gasteiger partial charge < -0.3 is 9.63 Å². The lowest BCUT2D eigenvalue weighted by Crippen LogP contribution is -2.26. The summed E-state index contributed by atoms with van der Waals surface area (Å²) in [4.78, 5) is 4.41. The SMILES string of the molecule is OC1CCCCC1Cc1nc(C2CC2)no1. The molecule has 1 aromatic heterocycles. The summed E-state index contributed by atoms with van der Waals surface area (Å²) in [5, 5.41) is 13.9. The maximum atomic E-state index is 9.87. The number of aliphatic hydroxyl groups is 1. The molecule has 2 aliphatic carbocycles. The van der Waals surface area contributed by atoms with Gasteiger partial charge in [-0.05, 0) is 31.6 Å². The van der Waals surface area contributed by atoms with Gasteiger partial charge in [-0.15, -0.1) is 0 Å². The molecule has 16 heavy (non-hydrogen) atoms. The van der Waals surface area contributed by atoms with E-state index in [2.05, 4.69) is 10.1 Å². The molecule has 2 aliphatic rings. The van der Waals surface area contributed by atoms with Crippen LogP contribution in [0.5, 0.6) is 0 Å². The molecule has 2 atom stereocenters. The fourth-order valence-corrected chi connectivity index (χ4v) is 2.51. The van der Waals surface area contributed by atoms with E-state index in [4.69, 9.17) is 4.52 Å². The Morgan fingerprint density at radius 3 is 2.75 bits per heavy atom. The minimum atomic E-state index is -0.176.